The van der Waals surface area contributed by atoms with Crippen LogP contribution in [0.3, 0.4) is 0 Å². The van der Waals surface area contributed by atoms with Crippen molar-refractivity contribution in [3.63, 3.8) is 0 Å². The van der Waals surface area contributed by atoms with Crippen LogP contribution < -0.4 is 36.6 Å². The number of hydrogen-bond acceptors (Lipinski definition) is 15. The zero-order valence-electron chi connectivity index (χ0n) is 36.7. The van der Waals surface area contributed by atoms with E-state index in [2.05, 4.69) is 42.5 Å². The highest BCUT2D eigenvalue weighted by Crippen LogP contribution is 2.32. The minimum atomic E-state index is -0.644. The second kappa shape index (κ2) is 21.6. The number of thiazole rings is 1. The van der Waals surface area contributed by atoms with Gasteiger partial charge in [0.25, 0.3) is 5.91 Å². The molecule has 1 fully saturated rings. The molecule has 1 aliphatic heterocycles. The van der Waals surface area contributed by atoms with Crippen molar-refractivity contribution in [2.45, 2.75) is 67.0 Å². The van der Waals surface area contributed by atoms with Crippen LogP contribution in [-0.2, 0) is 35.5 Å². The van der Waals surface area contributed by atoms with Gasteiger partial charge in [-0.05, 0) is 50.5 Å². The Balaban J connectivity index is 0.000000673. The molecule has 340 valence electrons. The molecular weight excluding hydrogens is 847 g/mol. The van der Waals surface area contributed by atoms with Gasteiger partial charge in [-0.2, -0.15) is 4.99 Å². The topological polar surface area (TPSA) is 262 Å². The van der Waals surface area contributed by atoms with Gasteiger partial charge < -0.3 is 37.9 Å². The predicted octanol–water partition coefficient (Wildman–Crippen LogP) is 4.14. The number of carbonyl (C=O) groups is 4. The number of rotatable bonds is 17. The molecule has 64 heavy (non-hydrogen) atoms. The average Bonchev–Trinajstić information content (AvgIpc) is 4.05. The molecule has 4 amide bonds. The smallest absolute Gasteiger partial charge is 0.317 e. The number of primary amides is 1. The first kappa shape index (κ1) is 46.8. The van der Waals surface area contributed by atoms with Gasteiger partial charge in [0, 0.05) is 57.7 Å². The summed E-state index contributed by atoms with van der Waals surface area (Å²) in [4.78, 5) is 69.9. The number of hydrazine groups is 1. The Bertz CT molecular complexity index is 2740. The van der Waals surface area contributed by atoms with Crippen molar-refractivity contribution in [2.24, 2.45) is 16.6 Å². The first-order valence-corrected chi connectivity index (χ1v) is 21.5. The number of carbonyl (C=O) groups excluding carboxylic acids is 4. The molecule has 20 nitrogen and oxygen atoms in total. The number of nitrogen functional groups attached to an aromatic ring is 1. The minimum Gasteiger partial charge on any atom is -0.494 e. The maximum Gasteiger partial charge on any atom is 0.317 e. The van der Waals surface area contributed by atoms with Crippen LogP contribution in [0.25, 0.3) is 21.3 Å². The van der Waals surface area contributed by atoms with Crippen LogP contribution >= 0.6 is 11.3 Å². The van der Waals surface area contributed by atoms with Gasteiger partial charge in [-0.25, -0.2) is 20.8 Å². The monoisotopic (exact) mass is 899 g/mol. The molecule has 0 saturated carbocycles. The number of aromatic nitrogens is 5. The summed E-state index contributed by atoms with van der Waals surface area (Å²) in [5.74, 6) is 6.74. The minimum absolute atomic E-state index is 0.0514. The normalized spacial score (nSPS) is 13.3. The fourth-order valence-electron chi connectivity index (χ4n) is 7.19. The Labute approximate surface area is 372 Å². The molecule has 5 heterocycles. The third-order valence-electron chi connectivity index (χ3n) is 10.2. The third-order valence-corrected chi connectivity index (χ3v) is 11.2. The van der Waals surface area contributed by atoms with E-state index in [1.54, 1.807) is 40.3 Å². The Morgan fingerprint density at radius 3 is 2.22 bits per heavy atom. The number of imidazole rings is 1. The lowest BCUT2D eigenvalue weighted by Crippen LogP contribution is -2.37. The van der Waals surface area contributed by atoms with E-state index >= 15 is 0 Å². The second-order valence-electron chi connectivity index (χ2n) is 14.5. The number of aryl methyl sites for hydroxylation is 5. The standard InChI is InChI=1S/C36H42N10O8S.C7H11NO/c1-4-24-31(54-21(2)40-24)34(50)42-36-46(30-26(51-3)18-23(33(49)43-38)19-28(30)55-36)10-6-5-9-45-29-25(41-35(45)39-20-47)16-22(32(37)48)17-27(29)53-13-7-8-44-11-14-52-15-12-44;1-4-7-5(2)9-6(3)8-7/h5-6,16-20H,4,7-15,38H2,1-3H3,(H2,37,48)(H,43,49)(H,39,41,47);4H2,1-3H3/b6-5+,42-36?;. The number of fused-ring (bicyclic) bond motifs is 2. The van der Waals surface area contributed by atoms with Crippen LogP contribution in [0.15, 0.2) is 50.2 Å². The molecular formula is C43H53N11O9S. The molecule has 6 aromatic rings. The molecule has 0 radical (unpaired) electrons. The number of ether oxygens (including phenoxy) is 3. The summed E-state index contributed by atoms with van der Waals surface area (Å²) in [5.41, 5.74) is 11.4. The number of nitrogens with one attached hydrogen (secondary N) is 2. The molecule has 0 atom stereocenters. The summed E-state index contributed by atoms with van der Waals surface area (Å²) in [6.45, 7) is 14.1. The van der Waals surface area contributed by atoms with E-state index in [0.717, 1.165) is 49.8 Å². The van der Waals surface area contributed by atoms with Crippen LogP contribution in [0.4, 0.5) is 5.95 Å². The lowest BCUT2D eigenvalue weighted by atomic mass is 10.1. The molecule has 7 rings (SSSR count). The quantitative estimate of drug-likeness (QED) is 0.0251. The lowest BCUT2D eigenvalue weighted by Gasteiger charge is -2.26. The molecule has 2 aromatic carbocycles. The van der Waals surface area contributed by atoms with E-state index in [1.165, 1.54) is 18.4 Å². The van der Waals surface area contributed by atoms with Gasteiger partial charge in [-0.15, -0.1) is 0 Å². The molecule has 0 unspecified atom stereocenters. The van der Waals surface area contributed by atoms with E-state index in [0.29, 0.717) is 81.8 Å². The van der Waals surface area contributed by atoms with E-state index in [4.69, 9.17) is 34.6 Å². The SMILES string of the molecule is CCc1nc(C)oc1C.CCc1nc(C)oc1C(=O)N=c1sc2cc(C(=O)NN)cc(OC)c2n1C/C=C/Cn1c(NC=O)nc2cc(C(N)=O)cc(OCCCN3CCOCC3)c21. The number of anilines is 1. The van der Waals surface area contributed by atoms with Gasteiger partial charge in [0.2, 0.25) is 24.0 Å². The fraction of sp³-hybridized carbons (Fsp3) is 0.395. The van der Waals surface area contributed by atoms with Crippen LogP contribution in [0.1, 0.15) is 80.5 Å². The van der Waals surface area contributed by atoms with E-state index in [1.807, 2.05) is 32.9 Å². The van der Waals surface area contributed by atoms with Crippen molar-refractivity contribution < 1.29 is 42.2 Å². The number of morpholine rings is 1. The van der Waals surface area contributed by atoms with Gasteiger partial charge in [0.05, 0.1) is 48.5 Å². The van der Waals surface area contributed by atoms with Gasteiger partial charge >= 0.3 is 5.91 Å². The highest BCUT2D eigenvalue weighted by Gasteiger charge is 2.22. The molecule has 0 spiro atoms. The number of benzene rings is 2. The van der Waals surface area contributed by atoms with Crippen molar-refractivity contribution in [2.75, 3.05) is 51.9 Å². The lowest BCUT2D eigenvalue weighted by molar-refractivity contribution is -0.105. The molecule has 0 bridgehead atoms. The predicted molar refractivity (Wildman–Crippen MR) is 238 cm³/mol. The summed E-state index contributed by atoms with van der Waals surface area (Å²) in [6.07, 6.45) is 6.38. The third kappa shape index (κ3) is 10.9. The van der Waals surface area contributed by atoms with Crippen molar-refractivity contribution in [3.05, 3.63) is 87.0 Å². The molecule has 4 aromatic heterocycles. The van der Waals surface area contributed by atoms with Crippen LogP contribution in [-0.4, -0.2) is 99.7 Å². The van der Waals surface area contributed by atoms with Crippen LogP contribution in [0, 0.1) is 20.8 Å². The Hall–Kier alpha value is -6.68. The molecule has 6 N–H and O–H groups in total. The van der Waals surface area contributed by atoms with Crippen molar-refractivity contribution >= 4 is 62.7 Å². The van der Waals surface area contributed by atoms with E-state index in [9.17, 15) is 19.2 Å². The van der Waals surface area contributed by atoms with Gasteiger partial charge in [-0.1, -0.05) is 37.3 Å². The Kier molecular flexibility index (Phi) is 15.8. The summed E-state index contributed by atoms with van der Waals surface area (Å²) in [7, 11) is 1.47. The first-order valence-electron chi connectivity index (χ1n) is 20.7. The molecule has 1 saturated heterocycles. The Morgan fingerprint density at radius 2 is 1.59 bits per heavy atom. The van der Waals surface area contributed by atoms with Crippen molar-refractivity contribution in [3.8, 4) is 11.5 Å². The average molecular weight is 900 g/mol. The number of amides is 4. The molecule has 21 heteroatoms. The number of hydrogen-bond donors (Lipinski definition) is 4. The van der Waals surface area contributed by atoms with Crippen molar-refractivity contribution in [1.82, 2.24) is 34.4 Å². The Morgan fingerprint density at radius 1 is 0.906 bits per heavy atom. The largest absolute Gasteiger partial charge is 0.494 e. The fourth-order valence-corrected chi connectivity index (χ4v) is 8.28. The number of nitrogens with two attached hydrogens (primary N) is 2. The summed E-state index contributed by atoms with van der Waals surface area (Å²) >= 11 is 1.18. The van der Waals surface area contributed by atoms with Crippen molar-refractivity contribution in [1.29, 1.82) is 0 Å². The number of methoxy groups -OCH3 is 1. The van der Waals surface area contributed by atoms with Gasteiger partial charge in [0.1, 0.15) is 28.3 Å². The van der Waals surface area contributed by atoms with Crippen LogP contribution in [0.5, 0.6) is 11.5 Å². The maximum absolute atomic E-state index is 13.5. The van der Waals surface area contributed by atoms with Gasteiger partial charge in [0.15, 0.2) is 16.6 Å². The molecule has 1 aliphatic rings. The summed E-state index contributed by atoms with van der Waals surface area (Å²) in [5, 5.41) is 2.64. The second-order valence-corrected chi connectivity index (χ2v) is 15.5. The van der Waals surface area contributed by atoms with E-state index in [-0.39, 0.29) is 35.9 Å². The van der Waals surface area contributed by atoms with Crippen LogP contribution in [0.2, 0.25) is 0 Å². The number of oxazole rings is 2. The highest BCUT2D eigenvalue weighted by molar-refractivity contribution is 7.16. The zero-order chi connectivity index (χ0) is 45.9. The molecule has 0 aliphatic carbocycles. The number of allylic oxidation sites excluding steroid dienone is 2. The zero-order valence-corrected chi connectivity index (χ0v) is 37.5. The highest BCUT2D eigenvalue weighted by atomic mass is 32.1. The summed E-state index contributed by atoms with van der Waals surface area (Å²) in [6, 6.07) is 6.33. The maximum atomic E-state index is 13.5. The summed E-state index contributed by atoms with van der Waals surface area (Å²) < 4.78 is 32.3. The number of nitrogens with zero attached hydrogens (tertiary/aromatic N) is 7. The first-order chi connectivity index (χ1) is 30.9. The van der Waals surface area contributed by atoms with Gasteiger partial charge in [-0.3, -0.25) is 34.8 Å². The van der Waals surface area contributed by atoms with E-state index < -0.39 is 17.7 Å².